The Labute approximate surface area is 81.1 Å². The Hall–Kier alpha value is -0.190. The summed E-state index contributed by atoms with van der Waals surface area (Å²) >= 11 is 3.44. The molecule has 1 heterocycles. The molecule has 0 aromatic carbocycles. The minimum absolute atomic E-state index is 0.702. The predicted molar refractivity (Wildman–Crippen MR) is 55.4 cm³/mol. The van der Waals surface area contributed by atoms with Crippen molar-refractivity contribution >= 4 is 23.1 Å². The number of nitrogens with two attached hydrogens (primary N) is 1. The molecule has 1 rings (SSSR count). The summed E-state index contributed by atoms with van der Waals surface area (Å²) in [5, 5.41) is 0.975. The Balaban J connectivity index is 2.84. The number of thioether (sulfide) groups is 1. The maximum atomic E-state index is 5.49. The molecule has 0 radical (unpaired) electrons. The lowest BCUT2D eigenvalue weighted by Crippen LogP contribution is -2.02. The van der Waals surface area contributed by atoms with E-state index in [0.717, 1.165) is 11.5 Å². The molecule has 0 fully saturated rings. The van der Waals surface area contributed by atoms with E-state index < -0.39 is 0 Å². The van der Waals surface area contributed by atoms with Gasteiger partial charge < -0.3 is 10.5 Å². The minimum atomic E-state index is 0.702. The van der Waals surface area contributed by atoms with Crippen molar-refractivity contribution in [2.75, 3.05) is 19.9 Å². The molecule has 0 aliphatic heterocycles. The van der Waals surface area contributed by atoms with Gasteiger partial charge in [-0.1, -0.05) is 11.3 Å². The zero-order valence-electron chi connectivity index (χ0n) is 7.29. The van der Waals surface area contributed by atoms with Crippen LogP contribution in [0.15, 0.2) is 10.3 Å². The molecule has 0 aliphatic rings. The molecule has 1 aromatic heterocycles. The maximum Gasteiger partial charge on any atom is 0.174 e. The molecular formula is C8H13NOS2. The van der Waals surface area contributed by atoms with Crippen molar-refractivity contribution in [1.82, 2.24) is 0 Å². The van der Waals surface area contributed by atoms with Crippen LogP contribution in [0.3, 0.4) is 0 Å². The number of thiophene rings is 1. The lowest BCUT2D eigenvalue weighted by Gasteiger charge is -1.95. The number of hydrogen-bond donors (Lipinski definition) is 1. The number of hydrogen-bond acceptors (Lipinski definition) is 4. The molecule has 0 amide bonds. The number of methoxy groups -OCH3 is 1. The standard InChI is InChI=1S/C8H13NOS2/c1-10-7-5-6(3-4-9)8(11-2)12-7/h5H,3-4,9H2,1-2H3. The quantitative estimate of drug-likeness (QED) is 0.760. The zero-order chi connectivity index (χ0) is 8.97. The van der Waals surface area contributed by atoms with Gasteiger partial charge in [-0.3, -0.25) is 0 Å². The molecule has 2 N–H and O–H groups in total. The van der Waals surface area contributed by atoms with E-state index in [0.29, 0.717) is 6.54 Å². The van der Waals surface area contributed by atoms with Crippen molar-refractivity contribution in [3.8, 4) is 5.06 Å². The number of rotatable bonds is 4. The molecule has 0 bridgehead atoms. The first-order chi connectivity index (χ1) is 5.81. The van der Waals surface area contributed by atoms with Crippen LogP contribution in [-0.2, 0) is 6.42 Å². The van der Waals surface area contributed by atoms with Crippen LogP contribution in [0.4, 0.5) is 0 Å². The van der Waals surface area contributed by atoms with Crippen LogP contribution in [0.1, 0.15) is 5.56 Å². The first-order valence-electron chi connectivity index (χ1n) is 3.72. The Bertz CT molecular complexity index is 247. The molecule has 2 nitrogen and oxygen atoms in total. The van der Waals surface area contributed by atoms with E-state index in [4.69, 9.17) is 10.5 Å². The third kappa shape index (κ3) is 2.15. The largest absolute Gasteiger partial charge is 0.487 e. The highest BCUT2D eigenvalue weighted by atomic mass is 32.2. The Morgan fingerprint density at radius 1 is 1.67 bits per heavy atom. The molecule has 0 atom stereocenters. The van der Waals surface area contributed by atoms with Crippen LogP contribution >= 0.6 is 23.1 Å². The molecular weight excluding hydrogens is 190 g/mol. The van der Waals surface area contributed by atoms with Gasteiger partial charge in [-0.25, -0.2) is 0 Å². The molecule has 0 aliphatic carbocycles. The van der Waals surface area contributed by atoms with E-state index in [9.17, 15) is 0 Å². The molecule has 4 heteroatoms. The first kappa shape index (κ1) is 9.89. The van der Waals surface area contributed by atoms with Crippen LogP contribution < -0.4 is 10.5 Å². The molecule has 1 aromatic rings. The topological polar surface area (TPSA) is 35.2 Å². The van der Waals surface area contributed by atoms with Gasteiger partial charge in [0.1, 0.15) is 0 Å². The second-order valence-corrected chi connectivity index (χ2v) is 4.41. The van der Waals surface area contributed by atoms with Crippen molar-refractivity contribution in [1.29, 1.82) is 0 Å². The number of ether oxygens (including phenoxy) is 1. The predicted octanol–water partition coefficient (Wildman–Crippen LogP) is 1.98. The molecule has 0 saturated carbocycles. The van der Waals surface area contributed by atoms with Gasteiger partial charge >= 0.3 is 0 Å². The summed E-state index contributed by atoms with van der Waals surface area (Å²) in [6.07, 6.45) is 3.02. The zero-order valence-corrected chi connectivity index (χ0v) is 8.93. The van der Waals surface area contributed by atoms with Crippen molar-refractivity contribution in [3.63, 3.8) is 0 Å². The monoisotopic (exact) mass is 203 g/mol. The lowest BCUT2D eigenvalue weighted by atomic mass is 10.2. The van der Waals surface area contributed by atoms with Crippen LogP contribution in [0.5, 0.6) is 5.06 Å². The summed E-state index contributed by atoms with van der Waals surface area (Å²) in [7, 11) is 1.70. The molecule has 12 heavy (non-hydrogen) atoms. The summed E-state index contributed by atoms with van der Waals surface area (Å²) in [6, 6.07) is 2.07. The summed E-state index contributed by atoms with van der Waals surface area (Å²) in [5.41, 5.74) is 6.80. The minimum Gasteiger partial charge on any atom is -0.487 e. The summed E-state index contributed by atoms with van der Waals surface area (Å²) in [4.78, 5) is 0. The Kier molecular flexibility index (Phi) is 3.91. The van der Waals surface area contributed by atoms with Gasteiger partial charge in [-0.2, -0.15) is 0 Å². The fraction of sp³-hybridized carbons (Fsp3) is 0.500. The fourth-order valence-electron chi connectivity index (χ4n) is 0.991. The van der Waals surface area contributed by atoms with Gasteiger partial charge in [-0.05, 0) is 30.9 Å². The van der Waals surface area contributed by atoms with Gasteiger partial charge in [0.05, 0.1) is 11.3 Å². The SMILES string of the molecule is COc1cc(CCN)c(SC)s1. The van der Waals surface area contributed by atoms with Gasteiger partial charge in [0.25, 0.3) is 0 Å². The van der Waals surface area contributed by atoms with Crippen LogP contribution in [0, 0.1) is 0 Å². The molecule has 68 valence electrons. The first-order valence-corrected chi connectivity index (χ1v) is 5.76. The van der Waals surface area contributed by atoms with Crippen molar-refractivity contribution in [2.45, 2.75) is 10.6 Å². The van der Waals surface area contributed by atoms with E-state index in [1.54, 1.807) is 30.2 Å². The van der Waals surface area contributed by atoms with E-state index in [1.807, 2.05) is 0 Å². The van der Waals surface area contributed by atoms with E-state index in [1.165, 1.54) is 9.77 Å². The maximum absolute atomic E-state index is 5.49. The second kappa shape index (κ2) is 4.74. The van der Waals surface area contributed by atoms with Crippen molar-refractivity contribution < 1.29 is 4.74 Å². The van der Waals surface area contributed by atoms with E-state index >= 15 is 0 Å². The Morgan fingerprint density at radius 2 is 2.42 bits per heavy atom. The summed E-state index contributed by atoms with van der Waals surface area (Å²) in [5.74, 6) is 0. The van der Waals surface area contributed by atoms with Gasteiger partial charge in [0.15, 0.2) is 5.06 Å². The second-order valence-electron chi connectivity index (χ2n) is 2.33. The van der Waals surface area contributed by atoms with Gasteiger partial charge in [-0.15, -0.1) is 11.8 Å². The van der Waals surface area contributed by atoms with E-state index in [2.05, 4.69) is 12.3 Å². The average Bonchev–Trinajstić information content (AvgIpc) is 2.48. The van der Waals surface area contributed by atoms with Crippen LogP contribution in [0.25, 0.3) is 0 Å². The Morgan fingerprint density at radius 3 is 2.92 bits per heavy atom. The average molecular weight is 203 g/mol. The molecule has 0 saturated heterocycles. The van der Waals surface area contributed by atoms with Crippen LogP contribution in [-0.4, -0.2) is 19.9 Å². The smallest absolute Gasteiger partial charge is 0.174 e. The fourth-order valence-corrected chi connectivity index (χ4v) is 2.75. The third-order valence-electron chi connectivity index (χ3n) is 1.55. The van der Waals surface area contributed by atoms with Gasteiger partial charge in [0.2, 0.25) is 0 Å². The van der Waals surface area contributed by atoms with Crippen molar-refractivity contribution in [2.24, 2.45) is 5.73 Å². The highest BCUT2D eigenvalue weighted by Crippen LogP contribution is 2.35. The third-order valence-corrected chi connectivity index (χ3v) is 3.86. The molecule has 0 unspecified atom stereocenters. The highest BCUT2D eigenvalue weighted by molar-refractivity contribution is 8.00. The van der Waals surface area contributed by atoms with E-state index in [-0.39, 0.29) is 0 Å². The summed E-state index contributed by atoms with van der Waals surface area (Å²) < 4.78 is 6.46. The highest BCUT2D eigenvalue weighted by Gasteiger charge is 2.06. The summed E-state index contributed by atoms with van der Waals surface area (Å²) in [6.45, 7) is 0.702. The van der Waals surface area contributed by atoms with Gasteiger partial charge in [0, 0.05) is 0 Å². The normalized spacial score (nSPS) is 10.2. The van der Waals surface area contributed by atoms with Crippen molar-refractivity contribution in [3.05, 3.63) is 11.6 Å². The lowest BCUT2D eigenvalue weighted by molar-refractivity contribution is 0.427. The molecule has 0 spiro atoms. The van der Waals surface area contributed by atoms with Crippen LogP contribution in [0.2, 0.25) is 0 Å².